The van der Waals surface area contributed by atoms with E-state index in [9.17, 15) is 14.7 Å². The predicted molar refractivity (Wildman–Crippen MR) is 107 cm³/mol. The summed E-state index contributed by atoms with van der Waals surface area (Å²) in [4.78, 5) is 27.0. The fourth-order valence-corrected chi connectivity index (χ4v) is 3.42. The third-order valence-corrected chi connectivity index (χ3v) is 5.06. The number of benzene rings is 2. The number of aliphatic hydroxyl groups is 1. The summed E-state index contributed by atoms with van der Waals surface area (Å²) in [5.74, 6) is -1.37. The van der Waals surface area contributed by atoms with Gasteiger partial charge in [-0.1, -0.05) is 66.9 Å². The van der Waals surface area contributed by atoms with Crippen molar-refractivity contribution in [3.63, 3.8) is 0 Å². The molecular formula is C22H22ClNO3. The van der Waals surface area contributed by atoms with Crippen LogP contribution in [0.4, 0.5) is 0 Å². The van der Waals surface area contributed by atoms with Gasteiger partial charge in [-0.15, -0.1) is 0 Å². The minimum Gasteiger partial charge on any atom is -0.507 e. The summed E-state index contributed by atoms with van der Waals surface area (Å²) in [7, 11) is 0. The number of ketones is 1. The topological polar surface area (TPSA) is 57.6 Å². The molecule has 27 heavy (non-hydrogen) atoms. The number of aliphatic hydroxyl groups excluding tert-OH is 1. The van der Waals surface area contributed by atoms with Gasteiger partial charge in [0.1, 0.15) is 5.76 Å². The molecule has 1 aliphatic rings. The zero-order chi connectivity index (χ0) is 19.6. The Labute approximate surface area is 164 Å². The van der Waals surface area contributed by atoms with Crippen molar-refractivity contribution in [3.8, 4) is 0 Å². The van der Waals surface area contributed by atoms with Gasteiger partial charge in [-0.2, -0.15) is 0 Å². The van der Waals surface area contributed by atoms with Crippen molar-refractivity contribution in [2.75, 3.05) is 6.54 Å². The molecule has 2 aromatic carbocycles. The van der Waals surface area contributed by atoms with Crippen molar-refractivity contribution in [2.24, 2.45) is 0 Å². The van der Waals surface area contributed by atoms with Crippen LogP contribution in [0.2, 0.25) is 5.02 Å². The second-order valence-corrected chi connectivity index (χ2v) is 7.20. The van der Waals surface area contributed by atoms with Crippen molar-refractivity contribution in [1.82, 2.24) is 4.90 Å². The zero-order valence-electron chi connectivity index (χ0n) is 15.4. The van der Waals surface area contributed by atoms with Crippen LogP contribution in [-0.4, -0.2) is 28.2 Å². The Morgan fingerprint density at radius 3 is 2.30 bits per heavy atom. The zero-order valence-corrected chi connectivity index (χ0v) is 16.2. The van der Waals surface area contributed by atoms with Gasteiger partial charge in [-0.3, -0.25) is 9.59 Å². The Hall–Kier alpha value is -2.59. The molecule has 1 atom stereocenters. The van der Waals surface area contributed by atoms with Crippen LogP contribution >= 0.6 is 11.6 Å². The summed E-state index contributed by atoms with van der Waals surface area (Å²) in [6, 6.07) is 13.6. The Morgan fingerprint density at radius 2 is 1.70 bits per heavy atom. The lowest BCUT2D eigenvalue weighted by Gasteiger charge is -2.25. The highest BCUT2D eigenvalue weighted by atomic mass is 35.5. The van der Waals surface area contributed by atoms with Gasteiger partial charge in [0, 0.05) is 17.1 Å². The van der Waals surface area contributed by atoms with Crippen molar-refractivity contribution >= 4 is 29.1 Å². The maximum Gasteiger partial charge on any atom is 0.295 e. The van der Waals surface area contributed by atoms with Gasteiger partial charge in [0.05, 0.1) is 11.6 Å². The van der Waals surface area contributed by atoms with E-state index in [2.05, 4.69) is 0 Å². The molecule has 0 radical (unpaired) electrons. The molecule has 0 saturated carbocycles. The minimum absolute atomic E-state index is 0.127. The van der Waals surface area contributed by atoms with Gasteiger partial charge in [-0.05, 0) is 31.0 Å². The quantitative estimate of drug-likeness (QED) is 0.455. The van der Waals surface area contributed by atoms with E-state index in [4.69, 9.17) is 11.6 Å². The van der Waals surface area contributed by atoms with Gasteiger partial charge in [-0.25, -0.2) is 0 Å². The highest BCUT2D eigenvalue weighted by Crippen LogP contribution is 2.39. The molecule has 1 N–H and O–H groups in total. The SMILES string of the molecule is CCCCN1C(=O)C(=O)C(=C(O)c2ccc(C)cc2)[C@@H]1c1ccc(Cl)cc1. The summed E-state index contributed by atoms with van der Waals surface area (Å²) in [6.45, 7) is 4.43. The number of carbonyl (C=O) groups is 2. The molecule has 3 rings (SSSR count). The predicted octanol–water partition coefficient (Wildman–Crippen LogP) is 4.87. The third-order valence-electron chi connectivity index (χ3n) is 4.80. The normalized spacial score (nSPS) is 18.9. The number of hydrogen-bond acceptors (Lipinski definition) is 3. The van der Waals surface area contributed by atoms with E-state index < -0.39 is 17.7 Å². The molecule has 1 amide bonds. The summed E-state index contributed by atoms with van der Waals surface area (Å²) in [5, 5.41) is 11.5. The molecule has 0 unspecified atom stereocenters. The van der Waals surface area contributed by atoms with E-state index in [1.54, 1.807) is 41.3 Å². The Balaban J connectivity index is 2.14. The summed E-state index contributed by atoms with van der Waals surface area (Å²) in [6.07, 6.45) is 1.68. The van der Waals surface area contributed by atoms with Crippen LogP contribution in [0.3, 0.4) is 0 Å². The van der Waals surface area contributed by atoms with E-state index in [0.29, 0.717) is 17.1 Å². The van der Waals surface area contributed by atoms with E-state index in [1.807, 2.05) is 26.0 Å². The second-order valence-electron chi connectivity index (χ2n) is 6.76. The number of nitrogens with zero attached hydrogens (tertiary/aromatic N) is 1. The monoisotopic (exact) mass is 383 g/mol. The molecule has 4 nitrogen and oxygen atoms in total. The number of unbranched alkanes of at least 4 members (excludes halogenated alkanes) is 1. The van der Waals surface area contributed by atoms with Crippen LogP contribution in [0.15, 0.2) is 54.1 Å². The van der Waals surface area contributed by atoms with E-state index in [0.717, 1.165) is 24.0 Å². The maximum absolute atomic E-state index is 12.8. The molecule has 1 aliphatic heterocycles. The minimum atomic E-state index is -0.649. The number of carbonyl (C=O) groups excluding carboxylic acids is 2. The Bertz CT molecular complexity index is 885. The molecule has 140 valence electrons. The Kier molecular flexibility index (Phi) is 5.66. The van der Waals surface area contributed by atoms with Crippen molar-refractivity contribution in [3.05, 3.63) is 75.8 Å². The fourth-order valence-electron chi connectivity index (χ4n) is 3.30. The van der Waals surface area contributed by atoms with Gasteiger partial charge in [0.25, 0.3) is 11.7 Å². The highest BCUT2D eigenvalue weighted by molar-refractivity contribution is 6.46. The highest BCUT2D eigenvalue weighted by Gasteiger charge is 2.45. The summed E-state index contributed by atoms with van der Waals surface area (Å²) in [5.41, 5.74) is 2.45. The first-order valence-corrected chi connectivity index (χ1v) is 9.42. The van der Waals surface area contributed by atoms with Gasteiger partial charge >= 0.3 is 0 Å². The molecule has 5 heteroatoms. The number of hydrogen-bond donors (Lipinski definition) is 1. The smallest absolute Gasteiger partial charge is 0.295 e. The average Bonchev–Trinajstić information content (AvgIpc) is 2.91. The molecule has 0 spiro atoms. The fraction of sp³-hybridized carbons (Fsp3) is 0.273. The number of halogens is 1. The first-order chi connectivity index (χ1) is 12.9. The molecule has 0 aromatic heterocycles. The van der Waals surface area contributed by atoms with E-state index in [1.165, 1.54) is 0 Å². The number of amides is 1. The molecule has 1 heterocycles. The lowest BCUT2D eigenvalue weighted by molar-refractivity contribution is -0.139. The van der Waals surface area contributed by atoms with Gasteiger partial charge in [0.15, 0.2) is 0 Å². The van der Waals surface area contributed by atoms with Crippen LogP contribution in [0.25, 0.3) is 5.76 Å². The van der Waals surface area contributed by atoms with Crippen molar-refractivity contribution in [2.45, 2.75) is 32.7 Å². The maximum atomic E-state index is 12.8. The first kappa shape index (κ1) is 19.2. The van der Waals surface area contributed by atoms with Crippen LogP contribution in [0, 0.1) is 6.92 Å². The number of aryl methyl sites for hydroxylation is 1. The summed E-state index contributed by atoms with van der Waals surface area (Å²) < 4.78 is 0. The largest absolute Gasteiger partial charge is 0.507 e. The van der Waals surface area contributed by atoms with Crippen LogP contribution < -0.4 is 0 Å². The van der Waals surface area contributed by atoms with Crippen molar-refractivity contribution < 1.29 is 14.7 Å². The number of rotatable bonds is 5. The average molecular weight is 384 g/mol. The number of Topliss-reactive ketones (excluding diaryl/α,β-unsaturated/α-hetero) is 1. The molecular weight excluding hydrogens is 362 g/mol. The first-order valence-electron chi connectivity index (χ1n) is 9.05. The van der Waals surface area contributed by atoms with Crippen LogP contribution in [0.1, 0.15) is 42.5 Å². The summed E-state index contributed by atoms with van der Waals surface area (Å²) >= 11 is 6.00. The van der Waals surface area contributed by atoms with Crippen LogP contribution in [0.5, 0.6) is 0 Å². The van der Waals surface area contributed by atoms with Crippen molar-refractivity contribution in [1.29, 1.82) is 0 Å². The standard InChI is InChI=1S/C22H22ClNO3/c1-3-4-13-24-19(15-9-11-17(23)12-10-15)18(21(26)22(24)27)20(25)16-7-5-14(2)6-8-16/h5-12,19,25H,3-4,13H2,1-2H3/t19-/m0/s1. The third kappa shape index (κ3) is 3.76. The van der Waals surface area contributed by atoms with Gasteiger partial charge in [0.2, 0.25) is 0 Å². The van der Waals surface area contributed by atoms with Gasteiger partial charge < -0.3 is 10.0 Å². The van der Waals surface area contributed by atoms with E-state index >= 15 is 0 Å². The number of likely N-dealkylation sites (tertiary alicyclic amines) is 1. The molecule has 0 bridgehead atoms. The van der Waals surface area contributed by atoms with Crippen LogP contribution in [-0.2, 0) is 9.59 Å². The Morgan fingerprint density at radius 1 is 1.07 bits per heavy atom. The second kappa shape index (κ2) is 7.97. The van der Waals surface area contributed by atoms with E-state index in [-0.39, 0.29) is 11.3 Å². The molecule has 1 fully saturated rings. The molecule has 0 aliphatic carbocycles. The molecule has 2 aromatic rings. The lowest BCUT2D eigenvalue weighted by Crippen LogP contribution is -2.30. The molecule has 1 saturated heterocycles. The lowest BCUT2D eigenvalue weighted by atomic mass is 9.95.